The van der Waals surface area contributed by atoms with E-state index in [9.17, 15) is 0 Å². The smallest absolute Gasteiger partial charge is 0.0547 e. The van der Waals surface area contributed by atoms with E-state index in [1.54, 1.807) is 0 Å². The van der Waals surface area contributed by atoms with Gasteiger partial charge in [-0.1, -0.05) is 164 Å². The third kappa shape index (κ3) is 6.01. The summed E-state index contributed by atoms with van der Waals surface area (Å²) >= 11 is 1.86. The van der Waals surface area contributed by atoms with Crippen LogP contribution in [0.2, 0.25) is 0 Å². The largest absolute Gasteiger partial charge is 0.310 e. The molecule has 12 aromatic rings. The molecule has 0 saturated carbocycles. The Bertz CT molecular complexity index is 3570. The molecular weight excluding hydrogens is 757 g/mol. The van der Waals surface area contributed by atoms with E-state index >= 15 is 0 Å². The van der Waals surface area contributed by atoms with Gasteiger partial charge in [0.2, 0.25) is 0 Å². The van der Waals surface area contributed by atoms with Crippen molar-refractivity contribution in [3.63, 3.8) is 0 Å². The van der Waals surface area contributed by atoms with Gasteiger partial charge in [0, 0.05) is 53.6 Å². The molecule has 12 rings (SSSR count). The summed E-state index contributed by atoms with van der Waals surface area (Å²) in [7, 11) is 0. The van der Waals surface area contributed by atoms with Gasteiger partial charge >= 0.3 is 0 Å². The van der Waals surface area contributed by atoms with Crippen molar-refractivity contribution in [1.82, 2.24) is 4.57 Å². The topological polar surface area (TPSA) is 8.17 Å². The second-order valence-corrected chi connectivity index (χ2v) is 16.8. The van der Waals surface area contributed by atoms with E-state index in [-0.39, 0.29) is 0 Å². The lowest BCUT2D eigenvalue weighted by Gasteiger charge is -2.28. The lowest BCUT2D eigenvalue weighted by Crippen LogP contribution is -2.11. The Kier molecular flexibility index (Phi) is 8.39. The Labute approximate surface area is 358 Å². The summed E-state index contributed by atoms with van der Waals surface area (Å²) < 4.78 is 5.03. The molecule has 0 atom stereocenters. The molecule has 0 saturated heterocycles. The van der Waals surface area contributed by atoms with Gasteiger partial charge < -0.3 is 9.47 Å². The van der Waals surface area contributed by atoms with Crippen molar-refractivity contribution in [3.8, 4) is 39.1 Å². The van der Waals surface area contributed by atoms with Gasteiger partial charge in [0.15, 0.2) is 0 Å². The Hall–Kier alpha value is -7.72. The van der Waals surface area contributed by atoms with E-state index in [0.29, 0.717) is 0 Å². The third-order valence-corrected chi connectivity index (χ3v) is 13.3. The summed E-state index contributed by atoms with van der Waals surface area (Å²) in [5.41, 5.74) is 14.1. The van der Waals surface area contributed by atoms with Crippen molar-refractivity contribution in [3.05, 3.63) is 231 Å². The first kappa shape index (κ1) is 35.2. The predicted octanol–water partition coefficient (Wildman–Crippen LogP) is 16.8. The van der Waals surface area contributed by atoms with Crippen molar-refractivity contribution >= 4 is 81.1 Å². The van der Waals surface area contributed by atoms with Gasteiger partial charge in [-0.3, -0.25) is 0 Å². The molecule has 286 valence electrons. The molecule has 0 radical (unpaired) electrons. The Balaban J connectivity index is 0.977. The first-order valence-corrected chi connectivity index (χ1v) is 21.6. The first-order chi connectivity index (χ1) is 30.2. The predicted molar refractivity (Wildman–Crippen MR) is 262 cm³/mol. The Morgan fingerprint density at radius 3 is 1.66 bits per heavy atom. The fraction of sp³-hybridized carbons (Fsp3) is 0. The number of hydrogen-bond donors (Lipinski definition) is 0. The number of hydrogen-bond acceptors (Lipinski definition) is 2. The van der Waals surface area contributed by atoms with Crippen LogP contribution in [0.1, 0.15) is 0 Å². The number of fused-ring (bicyclic) bond motifs is 7. The molecule has 0 amide bonds. The molecule has 0 aliphatic heterocycles. The zero-order valence-corrected chi connectivity index (χ0v) is 34.1. The number of para-hydroxylation sites is 3. The van der Waals surface area contributed by atoms with E-state index in [1.165, 1.54) is 86.1 Å². The van der Waals surface area contributed by atoms with Gasteiger partial charge in [-0.25, -0.2) is 0 Å². The van der Waals surface area contributed by atoms with Gasteiger partial charge in [-0.05, 0) is 105 Å². The maximum absolute atomic E-state index is 2.41. The number of benzene rings is 10. The zero-order valence-electron chi connectivity index (χ0n) is 33.2. The minimum absolute atomic E-state index is 1.09. The quantitative estimate of drug-likeness (QED) is 0.156. The van der Waals surface area contributed by atoms with Crippen LogP contribution in [0.3, 0.4) is 0 Å². The van der Waals surface area contributed by atoms with Crippen LogP contribution in [-0.2, 0) is 0 Å². The lowest BCUT2D eigenvalue weighted by molar-refractivity contribution is 1.18. The molecule has 0 bridgehead atoms. The van der Waals surface area contributed by atoms with E-state index in [4.69, 9.17) is 0 Å². The standard InChI is InChI=1S/C58H38N2S/c1-2-15-44(16-3-1)60-55-23-10-7-19-50(55)51-35-29-42(37-56(51)60)39-25-31-45(32-26-39)59(54-22-9-6-18-49(54)48-21-12-14-41-13-4-5-17-47(41)48)46-33-27-40(28-34-46)43-30-36-53-52-20-8-11-24-57(52)61-58(53)38-43/h1-38H. The molecule has 10 aromatic carbocycles. The van der Waals surface area contributed by atoms with Crippen LogP contribution in [0.15, 0.2) is 231 Å². The van der Waals surface area contributed by atoms with Crippen LogP contribution >= 0.6 is 11.3 Å². The highest BCUT2D eigenvalue weighted by Gasteiger charge is 2.20. The molecule has 3 heteroatoms. The molecule has 0 unspecified atom stereocenters. The van der Waals surface area contributed by atoms with E-state index in [2.05, 4.69) is 240 Å². The molecule has 0 aliphatic rings. The highest BCUT2D eigenvalue weighted by atomic mass is 32.1. The molecule has 2 aromatic heterocycles. The van der Waals surface area contributed by atoms with Crippen LogP contribution in [0.25, 0.3) is 91.8 Å². The normalized spacial score (nSPS) is 11.6. The van der Waals surface area contributed by atoms with Crippen LogP contribution in [0.5, 0.6) is 0 Å². The minimum Gasteiger partial charge on any atom is -0.310 e. The first-order valence-electron chi connectivity index (χ1n) is 20.8. The maximum Gasteiger partial charge on any atom is 0.0547 e. The van der Waals surface area contributed by atoms with Crippen molar-refractivity contribution in [2.45, 2.75) is 0 Å². The molecule has 0 spiro atoms. The summed E-state index contributed by atoms with van der Waals surface area (Å²) in [6.07, 6.45) is 0. The van der Waals surface area contributed by atoms with Gasteiger partial charge in [0.25, 0.3) is 0 Å². The molecular formula is C58H38N2S. The Morgan fingerprint density at radius 1 is 0.328 bits per heavy atom. The maximum atomic E-state index is 2.41. The molecule has 2 nitrogen and oxygen atoms in total. The second-order valence-electron chi connectivity index (χ2n) is 15.7. The minimum atomic E-state index is 1.09. The van der Waals surface area contributed by atoms with Gasteiger partial charge in [0.1, 0.15) is 0 Å². The SMILES string of the molecule is c1ccc(-n2c3ccccc3c3ccc(-c4ccc(N(c5ccc(-c6ccc7c(c6)sc6ccccc67)cc5)c5ccccc5-c5cccc6ccccc56)cc4)cc32)cc1. The average molecular weight is 795 g/mol. The highest BCUT2D eigenvalue weighted by Crippen LogP contribution is 2.44. The summed E-state index contributed by atoms with van der Waals surface area (Å²) in [6.45, 7) is 0. The summed E-state index contributed by atoms with van der Waals surface area (Å²) in [5.74, 6) is 0. The number of rotatable bonds is 7. The van der Waals surface area contributed by atoms with Crippen molar-refractivity contribution in [2.75, 3.05) is 4.90 Å². The molecule has 0 aliphatic carbocycles. The summed E-state index contributed by atoms with van der Waals surface area (Å²) in [4.78, 5) is 2.41. The van der Waals surface area contributed by atoms with Gasteiger partial charge in [-0.15, -0.1) is 11.3 Å². The van der Waals surface area contributed by atoms with Crippen LogP contribution < -0.4 is 4.90 Å². The van der Waals surface area contributed by atoms with Crippen molar-refractivity contribution in [2.24, 2.45) is 0 Å². The van der Waals surface area contributed by atoms with Crippen LogP contribution in [-0.4, -0.2) is 4.57 Å². The van der Waals surface area contributed by atoms with Gasteiger partial charge in [0.05, 0.1) is 16.7 Å². The fourth-order valence-electron chi connectivity index (χ4n) is 9.30. The number of anilines is 3. The highest BCUT2D eigenvalue weighted by molar-refractivity contribution is 7.25. The third-order valence-electron chi connectivity index (χ3n) is 12.2. The molecule has 2 heterocycles. The molecule has 0 N–H and O–H groups in total. The summed E-state index contributed by atoms with van der Waals surface area (Å²) in [6, 6.07) is 84.2. The van der Waals surface area contributed by atoms with Crippen molar-refractivity contribution < 1.29 is 0 Å². The second kappa shape index (κ2) is 14.5. The number of thiophene rings is 1. The monoisotopic (exact) mass is 794 g/mol. The zero-order chi connectivity index (χ0) is 40.3. The molecule has 61 heavy (non-hydrogen) atoms. The average Bonchev–Trinajstić information content (AvgIpc) is 3.87. The Morgan fingerprint density at radius 2 is 0.869 bits per heavy atom. The fourth-order valence-corrected chi connectivity index (χ4v) is 10.4. The van der Waals surface area contributed by atoms with E-state index in [1.807, 2.05) is 11.3 Å². The van der Waals surface area contributed by atoms with Crippen LogP contribution in [0.4, 0.5) is 17.1 Å². The number of aromatic nitrogens is 1. The van der Waals surface area contributed by atoms with E-state index in [0.717, 1.165) is 22.7 Å². The summed E-state index contributed by atoms with van der Waals surface area (Å²) in [5, 5.41) is 7.63. The molecule has 0 fully saturated rings. The van der Waals surface area contributed by atoms with E-state index < -0.39 is 0 Å². The lowest BCUT2D eigenvalue weighted by atomic mass is 9.96. The van der Waals surface area contributed by atoms with Gasteiger partial charge in [-0.2, -0.15) is 0 Å². The van der Waals surface area contributed by atoms with Crippen LogP contribution in [0, 0.1) is 0 Å². The number of nitrogens with zero attached hydrogens (tertiary/aromatic N) is 2. The van der Waals surface area contributed by atoms with Crippen molar-refractivity contribution in [1.29, 1.82) is 0 Å².